The highest BCUT2D eigenvalue weighted by Crippen LogP contribution is 2.47. The molecule has 21 nitrogen and oxygen atoms in total. The summed E-state index contributed by atoms with van der Waals surface area (Å²) in [5.74, 6) is -7.58. The molecule has 1 aliphatic heterocycles. The Morgan fingerprint density at radius 3 is 2.39 bits per heavy atom. The van der Waals surface area contributed by atoms with Crippen molar-refractivity contribution in [1.29, 1.82) is 0 Å². The number of hydrogen-bond acceptors (Lipinski definition) is 14. The van der Waals surface area contributed by atoms with Crippen LogP contribution in [0.2, 0.25) is 0 Å². The minimum Gasteiger partial charge on any atom is -0.505 e. The smallest absolute Gasteiger partial charge is 0.505 e. The standard InChI is InChI=1S/C21H36N7O14P.ClH/c22-10(3-1-4-26-21(23)24)18(35)27-8-13(31)28-11(7-14(32)33)19(36)25-5-2-6-40-43(38,39)42-17-15(34)16(12(30)9-29)41-20(17)37;/h10-12,16,29-30,34H,1-9,22H2,(H,25,36)(H,27,35)(H,28,31)(H,32,33)(H,38,39)(H4,23,24,26);1H/t10-,11-,12-,16?;/m0./s1. The maximum absolute atomic E-state index is 12.4. The van der Waals surface area contributed by atoms with Gasteiger partial charge in [-0.1, -0.05) is 0 Å². The Morgan fingerprint density at radius 2 is 1.80 bits per heavy atom. The summed E-state index contributed by atoms with van der Waals surface area (Å²) in [6, 6.07) is -2.53. The van der Waals surface area contributed by atoms with Gasteiger partial charge in [-0.2, -0.15) is 0 Å². The highest BCUT2D eigenvalue weighted by molar-refractivity contribution is 7.47. The molecule has 0 saturated carbocycles. The first-order valence-corrected chi connectivity index (χ1v) is 14.0. The van der Waals surface area contributed by atoms with E-state index in [0.29, 0.717) is 6.42 Å². The van der Waals surface area contributed by atoms with Crippen LogP contribution in [0.3, 0.4) is 0 Å². The van der Waals surface area contributed by atoms with Crippen LogP contribution in [0.1, 0.15) is 25.7 Å². The molecule has 0 radical (unpaired) electrons. The van der Waals surface area contributed by atoms with Crippen LogP contribution in [0.4, 0.5) is 0 Å². The van der Waals surface area contributed by atoms with E-state index < -0.39 is 99.5 Å². The number of carbonyl (C=O) groups excluding carboxylic acids is 4. The fraction of sp³-hybridized carbons (Fsp3) is 0.619. The molecule has 3 amide bonds. The van der Waals surface area contributed by atoms with Crippen molar-refractivity contribution in [2.24, 2.45) is 22.2 Å². The summed E-state index contributed by atoms with van der Waals surface area (Å²) in [5.41, 5.74) is 16.1. The number of phosphoric ester groups is 1. The maximum Gasteiger partial charge on any atom is 0.527 e. The number of aliphatic hydroxyl groups is 3. The fourth-order valence-electron chi connectivity index (χ4n) is 3.21. The summed E-state index contributed by atoms with van der Waals surface area (Å²) in [4.78, 5) is 73.0. The number of guanidine groups is 1. The number of rotatable bonds is 20. The molecule has 44 heavy (non-hydrogen) atoms. The number of phosphoric acid groups is 1. The van der Waals surface area contributed by atoms with E-state index in [-0.39, 0.29) is 44.3 Å². The highest BCUT2D eigenvalue weighted by Gasteiger charge is 2.43. The molecule has 0 aromatic carbocycles. The molecule has 1 heterocycles. The van der Waals surface area contributed by atoms with Crippen molar-refractivity contribution in [2.75, 3.05) is 32.8 Å². The molecule has 0 saturated heterocycles. The molecule has 0 aromatic rings. The van der Waals surface area contributed by atoms with Crippen LogP contribution < -0.4 is 33.2 Å². The lowest BCUT2D eigenvalue weighted by molar-refractivity contribution is -0.147. The molecule has 252 valence electrons. The predicted octanol–water partition coefficient (Wildman–Crippen LogP) is -4.45. The van der Waals surface area contributed by atoms with Gasteiger partial charge in [0.15, 0.2) is 17.8 Å². The zero-order chi connectivity index (χ0) is 32.7. The number of ether oxygens (including phenoxy) is 1. The topological polar surface area (TPSA) is 358 Å². The van der Waals surface area contributed by atoms with Gasteiger partial charge in [0.25, 0.3) is 5.76 Å². The molecule has 0 bridgehead atoms. The zero-order valence-corrected chi connectivity index (χ0v) is 24.8. The maximum atomic E-state index is 12.4. The van der Waals surface area contributed by atoms with Crippen LogP contribution in [-0.2, 0) is 42.3 Å². The van der Waals surface area contributed by atoms with Crippen LogP contribution in [0.25, 0.3) is 0 Å². The number of hydrogen-bond donors (Lipinski definition) is 11. The minimum atomic E-state index is -5.01. The number of nitrogens with two attached hydrogens (primary N) is 3. The monoisotopic (exact) mass is 677 g/mol. The van der Waals surface area contributed by atoms with Crippen LogP contribution in [0.15, 0.2) is 16.5 Å². The summed E-state index contributed by atoms with van der Waals surface area (Å²) in [5, 5.41) is 44.0. The summed E-state index contributed by atoms with van der Waals surface area (Å²) < 4.78 is 25.8. The molecular formula is C21H37ClN7O14P. The number of carboxylic acids is 1. The van der Waals surface area contributed by atoms with Gasteiger partial charge in [0.05, 0.1) is 32.2 Å². The third-order valence-electron chi connectivity index (χ3n) is 5.30. The van der Waals surface area contributed by atoms with Crippen LogP contribution >= 0.6 is 20.2 Å². The zero-order valence-electron chi connectivity index (χ0n) is 23.1. The van der Waals surface area contributed by atoms with Gasteiger partial charge >= 0.3 is 19.8 Å². The number of esters is 1. The highest BCUT2D eigenvalue weighted by atomic mass is 35.5. The number of aliphatic carboxylic acids is 1. The molecule has 14 N–H and O–H groups in total. The van der Waals surface area contributed by atoms with Gasteiger partial charge in [0.1, 0.15) is 12.1 Å². The van der Waals surface area contributed by atoms with Crippen LogP contribution in [0, 0.1) is 0 Å². The summed E-state index contributed by atoms with van der Waals surface area (Å²) >= 11 is 0. The van der Waals surface area contributed by atoms with Gasteiger partial charge in [-0.25, -0.2) is 9.36 Å². The largest absolute Gasteiger partial charge is 0.527 e. The fourth-order valence-corrected chi connectivity index (χ4v) is 4.02. The Hall–Kier alpha value is -3.72. The quantitative estimate of drug-likeness (QED) is 0.0190. The number of cyclic esters (lactones) is 1. The van der Waals surface area contributed by atoms with Crippen molar-refractivity contribution in [3.05, 3.63) is 11.5 Å². The second-order valence-electron chi connectivity index (χ2n) is 8.82. The van der Waals surface area contributed by atoms with E-state index in [0.717, 1.165) is 0 Å². The minimum absolute atomic E-state index is 0. The molecular weight excluding hydrogens is 641 g/mol. The first kappa shape index (κ1) is 40.3. The first-order valence-electron chi connectivity index (χ1n) is 12.6. The lowest BCUT2D eigenvalue weighted by Crippen LogP contribution is -2.51. The first-order chi connectivity index (χ1) is 20.1. The van der Waals surface area contributed by atoms with Crippen molar-refractivity contribution in [2.45, 2.75) is 50.0 Å². The molecule has 0 fully saturated rings. The molecule has 1 rings (SSSR count). The van der Waals surface area contributed by atoms with Crippen molar-refractivity contribution in [3.8, 4) is 0 Å². The lowest BCUT2D eigenvalue weighted by atomic mass is 10.1. The number of nitrogens with zero attached hydrogens (tertiary/aromatic N) is 1. The van der Waals surface area contributed by atoms with E-state index >= 15 is 0 Å². The van der Waals surface area contributed by atoms with E-state index in [1.54, 1.807) is 0 Å². The molecule has 1 aliphatic rings. The molecule has 2 unspecified atom stereocenters. The number of aliphatic hydroxyl groups excluding tert-OH is 3. The Balaban J connectivity index is 0.0000185. The molecule has 23 heteroatoms. The van der Waals surface area contributed by atoms with Crippen molar-refractivity contribution in [1.82, 2.24) is 16.0 Å². The Bertz CT molecular complexity index is 1140. The molecule has 5 atom stereocenters. The van der Waals surface area contributed by atoms with Gasteiger partial charge in [-0.05, 0) is 19.3 Å². The SMILES string of the molecule is Cl.NC(N)=NCCC[C@H](N)C(=O)NCC(=O)N[C@@H](CC(=O)O)C(=O)NCCCOP(=O)(O)OC1=C(O)C([C@@H](O)CO)OC1=O. The number of nitrogens with one attached hydrogen (secondary N) is 3. The van der Waals surface area contributed by atoms with Crippen molar-refractivity contribution in [3.63, 3.8) is 0 Å². The van der Waals surface area contributed by atoms with Gasteiger partial charge < -0.3 is 62.8 Å². The number of aliphatic imine (C=N–C) groups is 1. The lowest BCUT2D eigenvalue weighted by Gasteiger charge is -2.18. The predicted molar refractivity (Wildman–Crippen MR) is 149 cm³/mol. The average molecular weight is 678 g/mol. The van der Waals surface area contributed by atoms with Crippen molar-refractivity contribution < 1.29 is 67.6 Å². The van der Waals surface area contributed by atoms with E-state index in [4.69, 9.17) is 27.4 Å². The summed E-state index contributed by atoms with van der Waals surface area (Å²) in [6.45, 7) is -2.06. The van der Waals surface area contributed by atoms with Crippen LogP contribution in [0.5, 0.6) is 0 Å². The summed E-state index contributed by atoms with van der Waals surface area (Å²) in [6.07, 6.45) is -3.81. The molecule has 0 aliphatic carbocycles. The van der Waals surface area contributed by atoms with Crippen LogP contribution in [-0.4, -0.2) is 118 Å². The Kier molecular flexibility index (Phi) is 17.9. The third-order valence-corrected chi connectivity index (χ3v) is 6.22. The van der Waals surface area contributed by atoms with Crippen molar-refractivity contribution >= 4 is 55.8 Å². The number of halogens is 1. The Morgan fingerprint density at radius 1 is 1.14 bits per heavy atom. The summed E-state index contributed by atoms with van der Waals surface area (Å²) in [7, 11) is -5.01. The Labute approximate surface area is 256 Å². The van der Waals surface area contributed by atoms with Gasteiger partial charge in [0.2, 0.25) is 17.7 Å². The van der Waals surface area contributed by atoms with E-state index in [1.807, 2.05) is 0 Å². The normalized spacial score (nSPS) is 17.5. The van der Waals surface area contributed by atoms with Gasteiger partial charge in [-0.15, -0.1) is 12.4 Å². The van der Waals surface area contributed by atoms with E-state index in [1.165, 1.54) is 0 Å². The number of carboxylic acid groups (broad SMARTS) is 1. The average Bonchev–Trinajstić information content (AvgIpc) is 3.20. The number of carbonyl (C=O) groups is 5. The molecule has 0 aromatic heterocycles. The third kappa shape index (κ3) is 14.6. The second kappa shape index (κ2) is 19.5. The van der Waals surface area contributed by atoms with E-state index in [2.05, 4.69) is 34.7 Å². The molecule has 0 spiro atoms. The van der Waals surface area contributed by atoms with Gasteiger partial charge in [0, 0.05) is 13.1 Å². The van der Waals surface area contributed by atoms with E-state index in [9.17, 15) is 43.6 Å². The second-order valence-corrected chi connectivity index (χ2v) is 10.2. The van der Waals surface area contributed by atoms with Gasteiger partial charge in [-0.3, -0.25) is 33.6 Å². The number of amides is 3.